The summed E-state index contributed by atoms with van der Waals surface area (Å²) in [5, 5.41) is 29.8. The van der Waals surface area contributed by atoms with E-state index >= 15 is 0 Å². The lowest BCUT2D eigenvalue weighted by molar-refractivity contribution is 1.19. The second-order valence-corrected chi connectivity index (χ2v) is 13.6. The molecule has 256 valence electrons. The zero-order valence-corrected chi connectivity index (χ0v) is 30.0. The van der Waals surface area contributed by atoms with Crippen molar-refractivity contribution in [1.29, 1.82) is 10.5 Å². The van der Waals surface area contributed by atoms with Crippen LogP contribution in [0.25, 0.3) is 63.9 Å². The van der Waals surface area contributed by atoms with E-state index < -0.39 is 0 Å². The number of nitrogens with zero attached hydrogens (tertiary/aromatic N) is 4. The quantitative estimate of drug-likeness (QED) is 0.135. The molecule has 0 aromatic heterocycles. The highest BCUT2D eigenvalue weighted by molar-refractivity contribution is 6.07. The maximum absolute atomic E-state index is 10.7. The molecule has 1 aliphatic carbocycles. The van der Waals surface area contributed by atoms with Gasteiger partial charge in [0.1, 0.15) is 30.9 Å². The third-order valence-electron chi connectivity index (χ3n) is 10.6. The summed E-state index contributed by atoms with van der Waals surface area (Å²) < 4.78 is 0. The lowest BCUT2D eigenvalue weighted by Gasteiger charge is -2.35. The Balaban J connectivity index is 1.47. The largest absolute Gasteiger partial charge is 0.527 e. The molecule has 0 aliphatic heterocycles. The number of hydrogen-bond acceptors (Lipinski definition) is 2. The van der Waals surface area contributed by atoms with E-state index in [0.717, 1.165) is 76.5 Å². The van der Waals surface area contributed by atoms with E-state index in [-0.39, 0.29) is 11.4 Å². The van der Waals surface area contributed by atoms with E-state index in [2.05, 4.69) is 119 Å². The van der Waals surface area contributed by atoms with Gasteiger partial charge in [-0.1, -0.05) is 146 Å². The molecule has 0 heterocycles. The van der Waals surface area contributed by atoms with Crippen molar-refractivity contribution >= 4 is 54.2 Å². The minimum Gasteiger partial charge on any atom is -0.192 e. The first-order chi connectivity index (χ1) is 27.6. The van der Waals surface area contributed by atoms with Gasteiger partial charge in [-0.05, 0) is 112 Å². The van der Waals surface area contributed by atoms with Gasteiger partial charge in [0.25, 0.3) is 0 Å². The Morgan fingerprint density at radius 2 is 0.643 bits per heavy atom. The highest BCUT2D eigenvalue weighted by Gasteiger charge is 2.44. The molecule has 9 rings (SSSR count). The second-order valence-electron chi connectivity index (χ2n) is 13.6. The van der Waals surface area contributed by atoms with E-state index in [1.54, 1.807) is 0 Å². The number of nitriles is 2. The molecule has 0 spiro atoms. The van der Waals surface area contributed by atoms with Crippen LogP contribution in [0, 0.1) is 35.8 Å². The van der Waals surface area contributed by atoms with Gasteiger partial charge in [0, 0.05) is 5.57 Å². The Hall–Kier alpha value is -8.28. The summed E-state index contributed by atoms with van der Waals surface area (Å²) in [4.78, 5) is 7.66. The average molecular weight is 709 g/mol. The molecule has 0 amide bonds. The molecule has 0 saturated heterocycles. The van der Waals surface area contributed by atoms with Crippen LogP contribution in [0.3, 0.4) is 0 Å². The summed E-state index contributed by atoms with van der Waals surface area (Å²) in [5.74, 6) is -0.132. The smallest absolute Gasteiger partial charge is 0.192 e. The highest BCUT2D eigenvalue weighted by atomic mass is 14.9. The van der Waals surface area contributed by atoms with Crippen molar-refractivity contribution in [2.24, 2.45) is 0 Å². The third kappa shape index (κ3) is 5.61. The van der Waals surface area contributed by atoms with Crippen LogP contribution in [-0.4, -0.2) is 0 Å². The van der Waals surface area contributed by atoms with Crippen LogP contribution in [0.2, 0.25) is 0 Å². The lowest BCUT2D eigenvalue weighted by Crippen LogP contribution is -2.21. The highest BCUT2D eigenvalue weighted by Crippen LogP contribution is 2.56. The minimum absolute atomic E-state index is 0.0915. The number of fused-ring (bicyclic) bond motifs is 4. The Bertz CT molecular complexity index is 2860. The molecule has 8 aromatic carbocycles. The van der Waals surface area contributed by atoms with Crippen LogP contribution < -0.4 is 0 Å². The number of benzene rings is 8. The molecule has 1 saturated carbocycles. The molecule has 4 heteroatoms. The summed E-state index contributed by atoms with van der Waals surface area (Å²) in [7, 11) is 0. The van der Waals surface area contributed by atoms with Gasteiger partial charge in [-0.15, -0.1) is 0 Å². The van der Waals surface area contributed by atoms with Crippen molar-refractivity contribution < 1.29 is 0 Å². The summed E-state index contributed by atoms with van der Waals surface area (Å²) in [6.45, 7) is 16.7. The summed E-state index contributed by atoms with van der Waals surface area (Å²) in [5.41, 5.74) is 6.63. The van der Waals surface area contributed by atoms with Crippen LogP contribution in [0.15, 0.2) is 204 Å². The first-order valence-electron chi connectivity index (χ1n) is 18.1. The third-order valence-corrected chi connectivity index (χ3v) is 10.6. The molecule has 0 N–H and O–H groups in total. The summed E-state index contributed by atoms with van der Waals surface area (Å²) >= 11 is 0. The fraction of sp³-hybridized carbons (Fsp3) is 0. The monoisotopic (exact) mass is 708 g/mol. The van der Waals surface area contributed by atoms with Gasteiger partial charge in [-0.2, -0.15) is 20.2 Å². The zero-order valence-electron chi connectivity index (χ0n) is 30.0. The van der Waals surface area contributed by atoms with Gasteiger partial charge in [0.15, 0.2) is 0 Å². The Morgan fingerprint density at radius 3 is 0.911 bits per heavy atom. The molecule has 0 radical (unpaired) electrons. The van der Waals surface area contributed by atoms with Crippen molar-refractivity contribution in [3.05, 3.63) is 249 Å². The first-order valence-corrected chi connectivity index (χ1v) is 18.1. The molecule has 56 heavy (non-hydrogen) atoms. The van der Waals surface area contributed by atoms with Gasteiger partial charge in [0.2, 0.25) is 0 Å². The number of allylic oxidation sites excluding steroid dienone is 5. The molecule has 1 aliphatic rings. The van der Waals surface area contributed by atoms with Crippen LogP contribution in [-0.2, 0) is 0 Å². The molecule has 4 nitrogen and oxygen atoms in total. The van der Waals surface area contributed by atoms with Crippen LogP contribution in [0.5, 0.6) is 0 Å². The first kappa shape index (κ1) is 33.5. The molecular weight excluding hydrogens is 681 g/mol. The molecular formula is C52H28N4. The second kappa shape index (κ2) is 13.9. The average Bonchev–Trinajstić information content (AvgIpc) is 3.26. The predicted octanol–water partition coefficient (Wildman–Crippen LogP) is 13.0. The van der Waals surface area contributed by atoms with Crippen molar-refractivity contribution in [2.75, 3.05) is 0 Å². The molecule has 0 bridgehead atoms. The van der Waals surface area contributed by atoms with Crippen LogP contribution in [0.4, 0.5) is 0 Å². The van der Waals surface area contributed by atoms with Crippen molar-refractivity contribution in [2.45, 2.75) is 0 Å². The van der Waals surface area contributed by atoms with Crippen LogP contribution >= 0.6 is 0 Å². The molecule has 0 unspecified atom stereocenters. The van der Waals surface area contributed by atoms with E-state index in [0.29, 0.717) is 22.3 Å². The zero-order chi connectivity index (χ0) is 38.2. The fourth-order valence-electron chi connectivity index (χ4n) is 7.97. The van der Waals surface area contributed by atoms with Gasteiger partial charge in [-0.3, -0.25) is 0 Å². The topological polar surface area (TPSA) is 56.3 Å². The molecule has 0 atom stereocenters. The van der Waals surface area contributed by atoms with E-state index in [9.17, 15) is 10.5 Å². The lowest BCUT2D eigenvalue weighted by atomic mass is 9.65. The van der Waals surface area contributed by atoms with Crippen molar-refractivity contribution in [3.8, 4) is 12.1 Å². The summed E-state index contributed by atoms with van der Waals surface area (Å²) in [6.07, 6.45) is 0. The number of rotatable bonds is 4. The van der Waals surface area contributed by atoms with Gasteiger partial charge >= 0.3 is 5.82 Å². The summed E-state index contributed by atoms with van der Waals surface area (Å²) in [6, 6.07) is 61.7. The van der Waals surface area contributed by atoms with Gasteiger partial charge in [0.05, 0.1) is 5.57 Å². The standard InChI is InChI=1S/C52H28N4/c1-55-52(56-2)51-49(46(41-23-19-33-11-3-7-15-37(33)27-41)42-24-20-34-12-4-8-16-38(34)28-42)48(45(31-53)32-54)50(51)47(43-25-21-35-13-5-9-17-39(35)29-43)44-26-22-36-14-6-10-18-40(36)30-44/h3-30H. The van der Waals surface area contributed by atoms with Crippen molar-refractivity contribution in [3.63, 3.8) is 0 Å². The van der Waals surface area contributed by atoms with Crippen LogP contribution in [0.1, 0.15) is 22.3 Å². The predicted molar refractivity (Wildman–Crippen MR) is 226 cm³/mol. The van der Waals surface area contributed by atoms with E-state index in [1.165, 1.54) is 0 Å². The Morgan fingerprint density at radius 1 is 0.357 bits per heavy atom. The number of hydrogen-bond donors (Lipinski definition) is 0. The van der Waals surface area contributed by atoms with Crippen molar-refractivity contribution in [1.82, 2.24) is 0 Å². The Kier molecular flexibility index (Phi) is 8.35. The van der Waals surface area contributed by atoms with E-state index in [1.807, 2.05) is 72.8 Å². The van der Waals surface area contributed by atoms with E-state index in [4.69, 9.17) is 13.1 Å². The maximum atomic E-state index is 10.7. The Labute approximate surface area is 324 Å². The SMILES string of the molecule is [C-]#[N+]C([N+]#[C-])=C1C(=C(c2ccc3ccccc3c2)c2ccc3ccccc3c2)C(=C(C#N)C#N)C1=C(c1ccc2ccccc2c1)c1ccc2ccccc2c1. The molecule has 8 aromatic rings. The fourth-order valence-corrected chi connectivity index (χ4v) is 7.97. The maximum Gasteiger partial charge on any atom is 0.527 e. The van der Waals surface area contributed by atoms with Gasteiger partial charge < -0.3 is 0 Å². The van der Waals surface area contributed by atoms with Gasteiger partial charge in [-0.25, -0.2) is 0 Å². The minimum atomic E-state index is -0.132. The molecule has 1 fully saturated rings. The normalized spacial score (nSPS) is 12.1.